The molecule has 0 atom stereocenters. The average Bonchev–Trinajstić information content (AvgIpc) is 2.85. The van der Waals surface area contributed by atoms with Crippen LogP contribution in [-0.4, -0.2) is 17.6 Å². The Balaban J connectivity index is 0.00000144. The van der Waals surface area contributed by atoms with Crippen LogP contribution in [0.3, 0.4) is 0 Å². The van der Waals surface area contributed by atoms with Crippen LogP contribution in [0.15, 0.2) is 22.8 Å². The number of furan rings is 1. The molecule has 2 aromatic rings. The Morgan fingerprint density at radius 2 is 2.41 bits per heavy atom. The zero-order valence-corrected chi connectivity index (χ0v) is 11.5. The first-order valence-electron chi connectivity index (χ1n) is 4.69. The molecule has 0 saturated carbocycles. The van der Waals surface area contributed by atoms with Crippen molar-refractivity contribution >= 4 is 39.4 Å². The molecule has 0 saturated heterocycles. The normalized spacial score (nSPS) is 9.71. The Kier molecular flexibility index (Phi) is 4.71. The van der Waals surface area contributed by atoms with Gasteiger partial charge in [0.25, 0.3) is 0 Å². The minimum atomic E-state index is -0.428. The van der Waals surface area contributed by atoms with Crippen molar-refractivity contribution in [3.05, 3.63) is 23.3 Å². The second-order valence-electron chi connectivity index (χ2n) is 2.93. The molecular formula is C10H11BrN2O3S. The quantitative estimate of drug-likeness (QED) is 0.880. The fourth-order valence-electron chi connectivity index (χ4n) is 1.25. The molecule has 0 radical (unpaired) electrons. The lowest BCUT2D eigenvalue weighted by molar-refractivity contribution is 0.0532. The Hall–Kier alpha value is -1.34. The van der Waals surface area contributed by atoms with E-state index < -0.39 is 5.97 Å². The highest BCUT2D eigenvalue weighted by atomic mass is 79.9. The molecule has 0 aliphatic carbocycles. The van der Waals surface area contributed by atoms with E-state index in [-0.39, 0.29) is 17.0 Å². The van der Waals surface area contributed by atoms with Crippen molar-refractivity contribution in [2.24, 2.45) is 0 Å². The van der Waals surface area contributed by atoms with Gasteiger partial charge in [-0.1, -0.05) is 11.3 Å². The van der Waals surface area contributed by atoms with Crippen molar-refractivity contribution in [3.8, 4) is 11.5 Å². The summed E-state index contributed by atoms with van der Waals surface area (Å²) < 4.78 is 10.1. The van der Waals surface area contributed by atoms with Gasteiger partial charge >= 0.3 is 5.97 Å². The molecule has 92 valence electrons. The largest absolute Gasteiger partial charge is 0.463 e. The van der Waals surface area contributed by atoms with E-state index in [9.17, 15) is 4.79 Å². The van der Waals surface area contributed by atoms with Crippen molar-refractivity contribution in [3.63, 3.8) is 0 Å². The summed E-state index contributed by atoms with van der Waals surface area (Å²) in [6.45, 7) is 2.06. The smallest absolute Gasteiger partial charge is 0.350 e. The maximum atomic E-state index is 11.6. The Morgan fingerprint density at radius 3 is 3.00 bits per heavy atom. The van der Waals surface area contributed by atoms with Gasteiger partial charge in [-0.25, -0.2) is 9.78 Å². The molecule has 2 aromatic heterocycles. The summed E-state index contributed by atoms with van der Waals surface area (Å²) in [5.74, 6) is 0.0825. The minimum Gasteiger partial charge on any atom is -0.463 e. The number of ether oxygens (including phenoxy) is 1. The molecule has 0 aliphatic rings. The summed E-state index contributed by atoms with van der Waals surface area (Å²) in [6, 6.07) is 3.44. The molecule has 0 spiro atoms. The molecule has 0 unspecified atom stereocenters. The number of rotatable bonds is 3. The van der Waals surface area contributed by atoms with E-state index in [1.807, 2.05) is 0 Å². The highest BCUT2D eigenvalue weighted by molar-refractivity contribution is 8.93. The van der Waals surface area contributed by atoms with Crippen LogP contribution in [0.1, 0.15) is 16.6 Å². The second kappa shape index (κ2) is 5.83. The number of nitrogens with zero attached hydrogens (tertiary/aromatic N) is 1. The lowest BCUT2D eigenvalue weighted by atomic mass is 10.3. The molecule has 0 bridgehead atoms. The van der Waals surface area contributed by atoms with Crippen LogP contribution < -0.4 is 5.73 Å². The van der Waals surface area contributed by atoms with Gasteiger partial charge in [0.15, 0.2) is 10.9 Å². The molecule has 0 amide bonds. The van der Waals surface area contributed by atoms with E-state index in [1.165, 1.54) is 6.26 Å². The van der Waals surface area contributed by atoms with Crippen LogP contribution in [-0.2, 0) is 4.74 Å². The molecule has 7 heteroatoms. The van der Waals surface area contributed by atoms with Gasteiger partial charge in [0.1, 0.15) is 10.6 Å². The van der Waals surface area contributed by atoms with Gasteiger partial charge in [0.05, 0.1) is 12.9 Å². The first-order valence-corrected chi connectivity index (χ1v) is 5.51. The average molecular weight is 319 g/mol. The van der Waals surface area contributed by atoms with Gasteiger partial charge in [-0.15, -0.1) is 17.0 Å². The lowest BCUT2D eigenvalue weighted by Crippen LogP contribution is -2.03. The van der Waals surface area contributed by atoms with E-state index >= 15 is 0 Å². The summed E-state index contributed by atoms with van der Waals surface area (Å²) in [7, 11) is 0. The number of carbonyl (C=O) groups excluding carboxylic acids is 1. The van der Waals surface area contributed by atoms with Crippen molar-refractivity contribution in [2.75, 3.05) is 12.3 Å². The van der Waals surface area contributed by atoms with Crippen molar-refractivity contribution in [1.29, 1.82) is 0 Å². The van der Waals surface area contributed by atoms with E-state index in [0.29, 0.717) is 28.1 Å². The Labute approximate surface area is 112 Å². The van der Waals surface area contributed by atoms with Crippen molar-refractivity contribution < 1.29 is 13.9 Å². The van der Waals surface area contributed by atoms with E-state index in [2.05, 4.69) is 4.98 Å². The predicted molar refractivity (Wildman–Crippen MR) is 70.5 cm³/mol. The number of esters is 1. The molecule has 5 nitrogen and oxygen atoms in total. The van der Waals surface area contributed by atoms with Crippen LogP contribution in [0.5, 0.6) is 0 Å². The highest BCUT2D eigenvalue weighted by Gasteiger charge is 2.21. The minimum absolute atomic E-state index is 0. The number of halogens is 1. The summed E-state index contributed by atoms with van der Waals surface area (Å²) >= 11 is 1.09. The summed E-state index contributed by atoms with van der Waals surface area (Å²) in [5.41, 5.74) is 6.01. The summed E-state index contributed by atoms with van der Waals surface area (Å²) in [4.78, 5) is 16.1. The molecular weight excluding hydrogens is 308 g/mol. The predicted octanol–water partition coefficient (Wildman–Crippen LogP) is 2.74. The van der Waals surface area contributed by atoms with Gasteiger partial charge in [-0.3, -0.25) is 0 Å². The number of thiazole rings is 1. The fraction of sp³-hybridized carbons (Fsp3) is 0.200. The van der Waals surface area contributed by atoms with E-state index in [4.69, 9.17) is 14.9 Å². The number of nitrogen functional groups attached to an aromatic ring is 1. The topological polar surface area (TPSA) is 78.4 Å². The third kappa shape index (κ3) is 2.86. The van der Waals surface area contributed by atoms with Crippen LogP contribution in [0.4, 0.5) is 5.13 Å². The van der Waals surface area contributed by atoms with Crippen LogP contribution in [0, 0.1) is 0 Å². The summed E-state index contributed by atoms with van der Waals surface area (Å²) in [6.07, 6.45) is 1.51. The van der Waals surface area contributed by atoms with Crippen LogP contribution in [0.2, 0.25) is 0 Å². The van der Waals surface area contributed by atoms with Crippen LogP contribution >= 0.6 is 28.3 Å². The number of carbonyl (C=O) groups is 1. The second-order valence-corrected chi connectivity index (χ2v) is 3.96. The van der Waals surface area contributed by atoms with E-state index in [0.717, 1.165) is 11.3 Å². The summed E-state index contributed by atoms with van der Waals surface area (Å²) in [5, 5.41) is 0.314. The molecule has 17 heavy (non-hydrogen) atoms. The van der Waals surface area contributed by atoms with Gasteiger partial charge in [0.2, 0.25) is 0 Å². The Morgan fingerprint density at radius 1 is 1.65 bits per heavy atom. The van der Waals surface area contributed by atoms with Gasteiger partial charge in [-0.2, -0.15) is 0 Å². The zero-order valence-electron chi connectivity index (χ0n) is 9.00. The van der Waals surface area contributed by atoms with Gasteiger partial charge < -0.3 is 14.9 Å². The zero-order chi connectivity index (χ0) is 11.5. The Bertz CT molecular complexity index is 496. The number of hydrogen-bond donors (Lipinski definition) is 1. The highest BCUT2D eigenvalue weighted by Crippen LogP contribution is 2.30. The molecule has 2 rings (SSSR count). The molecule has 2 heterocycles. The molecule has 0 aliphatic heterocycles. The lowest BCUT2D eigenvalue weighted by Gasteiger charge is -1.99. The van der Waals surface area contributed by atoms with Gasteiger partial charge in [-0.05, 0) is 19.1 Å². The van der Waals surface area contributed by atoms with Crippen LogP contribution in [0.25, 0.3) is 11.5 Å². The van der Waals surface area contributed by atoms with Gasteiger partial charge in [0, 0.05) is 0 Å². The maximum absolute atomic E-state index is 11.6. The number of nitrogens with two attached hydrogens (primary N) is 1. The maximum Gasteiger partial charge on any atom is 0.350 e. The first kappa shape index (κ1) is 13.7. The SMILES string of the molecule is Br.CCOC(=O)c1sc(N)nc1-c1ccco1. The third-order valence-electron chi connectivity index (χ3n) is 1.86. The van der Waals surface area contributed by atoms with E-state index in [1.54, 1.807) is 19.1 Å². The van der Waals surface area contributed by atoms with Crippen molar-refractivity contribution in [1.82, 2.24) is 4.98 Å². The monoisotopic (exact) mass is 318 g/mol. The number of aromatic nitrogens is 1. The number of hydrogen-bond acceptors (Lipinski definition) is 6. The molecule has 2 N–H and O–H groups in total. The third-order valence-corrected chi connectivity index (χ3v) is 2.72. The molecule has 0 fully saturated rings. The first-order chi connectivity index (χ1) is 7.72. The number of anilines is 1. The van der Waals surface area contributed by atoms with Crippen molar-refractivity contribution in [2.45, 2.75) is 6.92 Å². The molecule has 0 aromatic carbocycles. The fourth-order valence-corrected chi connectivity index (χ4v) is 1.98. The standard InChI is InChI=1S/C10H10N2O3S.BrH/c1-2-14-9(13)8-7(12-10(11)16-8)6-4-3-5-15-6;/h3-5H,2H2,1H3,(H2,11,12);1H.